The molecule has 0 unspecified atom stereocenters. The van der Waals surface area contributed by atoms with Crippen LogP contribution in [0, 0.1) is 18.6 Å². The third-order valence-electron chi connectivity index (χ3n) is 4.21. The lowest BCUT2D eigenvalue weighted by molar-refractivity contribution is 0.511. The monoisotopic (exact) mass is 347 g/mol. The molecule has 0 saturated carbocycles. The van der Waals surface area contributed by atoms with Crippen LogP contribution in [0.5, 0.6) is 0 Å². The molecule has 0 radical (unpaired) electrons. The molecule has 0 aliphatic rings. The van der Waals surface area contributed by atoms with E-state index in [4.69, 9.17) is 0 Å². The lowest BCUT2D eigenvalue weighted by Crippen LogP contribution is -1.98. The topological polar surface area (TPSA) is 37.8 Å². The third-order valence-corrected chi connectivity index (χ3v) is 4.21. The number of nitrogens with zero attached hydrogens (tertiary/aromatic N) is 2. The highest BCUT2D eigenvalue weighted by atomic mass is 19.2. The Labute approximate surface area is 149 Å². The summed E-state index contributed by atoms with van der Waals surface area (Å²) < 4.78 is 27.3. The average molecular weight is 347 g/mol. The van der Waals surface area contributed by atoms with Crippen LogP contribution in [0.15, 0.2) is 66.9 Å². The number of anilines is 2. The molecule has 128 valence electrons. The average Bonchev–Trinajstić information content (AvgIpc) is 2.65. The van der Waals surface area contributed by atoms with E-state index in [1.165, 1.54) is 18.3 Å². The predicted molar refractivity (Wildman–Crippen MR) is 99.4 cm³/mol. The van der Waals surface area contributed by atoms with Gasteiger partial charge in [-0.05, 0) is 42.8 Å². The first-order chi connectivity index (χ1) is 12.6. The lowest BCUT2D eigenvalue weighted by Gasteiger charge is -2.09. The number of halogens is 2. The molecule has 2 aromatic heterocycles. The Balaban J connectivity index is 1.63. The normalized spacial score (nSPS) is 10.9. The molecule has 0 saturated heterocycles. The van der Waals surface area contributed by atoms with Crippen molar-refractivity contribution in [1.29, 1.82) is 0 Å². The van der Waals surface area contributed by atoms with Gasteiger partial charge >= 0.3 is 0 Å². The molecule has 26 heavy (non-hydrogen) atoms. The van der Waals surface area contributed by atoms with Gasteiger partial charge in [0.25, 0.3) is 0 Å². The number of rotatable bonds is 3. The molecular formula is C21H15F2N3. The minimum absolute atomic E-state index is 0.184. The van der Waals surface area contributed by atoms with Gasteiger partial charge in [-0.1, -0.05) is 30.3 Å². The molecule has 0 bridgehead atoms. The van der Waals surface area contributed by atoms with Crippen LogP contribution in [0.2, 0.25) is 0 Å². The zero-order valence-corrected chi connectivity index (χ0v) is 14.0. The molecule has 0 amide bonds. The standard InChI is InChI=1S/C21H15F2N3/c1-13-11-20(25-18-8-3-2-5-15(13)18)26-19-10-9-14(12-24-19)16-6-4-7-17(22)21(16)23/h2-12H,1H3,(H,24,25,26). The van der Waals surface area contributed by atoms with Gasteiger partial charge in [0.2, 0.25) is 0 Å². The maximum absolute atomic E-state index is 13.9. The molecule has 0 fully saturated rings. The van der Waals surface area contributed by atoms with Crippen molar-refractivity contribution in [3.05, 3.63) is 84.1 Å². The van der Waals surface area contributed by atoms with Gasteiger partial charge in [-0.2, -0.15) is 0 Å². The second kappa shape index (κ2) is 6.52. The van der Waals surface area contributed by atoms with E-state index in [2.05, 4.69) is 15.3 Å². The summed E-state index contributed by atoms with van der Waals surface area (Å²) in [5.74, 6) is -0.492. The van der Waals surface area contributed by atoms with Crippen LogP contribution < -0.4 is 5.32 Å². The fourth-order valence-electron chi connectivity index (χ4n) is 2.90. The van der Waals surface area contributed by atoms with Gasteiger partial charge in [0.05, 0.1) is 5.52 Å². The molecular weight excluding hydrogens is 332 g/mol. The van der Waals surface area contributed by atoms with Crippen LogP contribution in [0.25, 0.3) is 22.0 Å². The number of hydrogen-bond acceptors (Lipinski definition) is 3. The summed E-state index contributed by atoms with van der Waals surface area (Å²) in [6.45, 7) is 2.03. The molecule has 2 aromatic carbocycles. The second-order valence-electron chi connectivity index (χ2n) is 6.00. The van der Waals surface area contributed by atoms with Gasteiger partial charge in [0, 0.05) is 22.7 Å². The number of benzene rings is 2. The Morgan fingerprint density at radius 2 is 1.73 bits per heavy atom. The van der Waals surface area contributed by atoms with Crippen molar-refractivity contribution in [2.24, 2.45) is 0 Å². The highest BCUT2D eigenvalue weighted by molar-refractivity contribution is 5.84. The van der Waals surface area contributed by atoms with Crippen LogP contribution in [-0.2, 0) is 0 Å². The number of nitrogens with one attached hydrogen (secondary N) is 1. The van der Waals surface area contributed by atoms with E-state index in [-0.39, 0.29) is 5.56 Å². The summed E-state index contributed by atoms with van der Waals surface area (Å²) in [5.41, 5.74) is 2.70. The Kier molecular flexibility index (Phi) is 4.05. The van der Waals surface area contributed by atoms with E-state index in [0.29, 0.717) is 17.2 Å². The van der Waals surface area contributed by atoms with E-state index in [1.807, 2.05) is 37.3 Å². The number of aryl methyl sites for hydroxylation is 1. The highest BCUT2D eigenvalue weighted by Gasteiger charge is 2.10. The van der Waals surface area contributed by atoms with Crippen LogP contribution in [-0.4, -0.2) is 9.97 Å². The minimum atomic E-state index is -0.874. The molecule has 3 nitrogen and oxygen atoms in total. The highest BCUT2D eigenvalue weighted by Crippen LogP contribution is 2.26. The molecule has 4 rings (SSSR count). The molecule has 0 atom stereocenters. The summed E-state index contributed by atoms with van der Waals surface area (Å²) in [7, 11) is 0. The lowest BCUT2D eigenvalue weighted by atomic mass is 10.1. The smallest absolute Gasteiger partial charge is 0.166 e. The van der Waals surface area contributed by atoms with Crippen molar-refractivity contribution in [3.8, 4) is 11.1 Å². The van der Waals surface area contributed by atoms with E-state index >= 15 is 0 Å². The maximum atomic E-state index is 13.9. The Bertz CT molecular complexity index is 1090. The van der Waals surface area contributed by atoms with Crippen molar-refractivity contribution in [1.82, 2.24) is 9.97 Å². The van der Waals surface area contributed by atoms with Gasteiger partial charge < -0.3 is 5.32 Å². The Hall–Kier alpha value is -3.34. The van der Waals surface area contributed by atoms with E-state index in [1.54, 1.807) is 12.1 Å². The van der Waals surface area contributed by atoms with Crippen molar-refractivity contribution in [2.45, 2.75) is 6.92 Å². The van der Waals surface area contributed by atoms with Gasteiger partial charge in [0.1, 0.15) is 11.6 Å². The molecule has 1 N–H and O–H groups in total. The van der Waals surface area contributed by atoms with Crippen molar-refractivity contribution in [2.75, 3.05) is 5.32 Å². The number of pyridine rings is 2. The minimum Gasteiger partial charge on any atom is -0.325 e. The number of aromatic nitrogens is 2. The van der Waals surface area contributed by atoms with Crippen LogP contribution in [0.4, 0.5) is 20.4 Å². The van der Waals surface area contributed by atoms with Crippen molar-refractivity contribution in [3.63, 3.8) is 0 Å². The molecule has 2 heterocycles. The predicted octanol–water partition coefficient (Wildman–Crippen LogP) is 5.63. The maximum Gasteiger partial charge on any atom is 0.166 e. The fourth-order valence-corrected chi connectivity index (χ4v) is 2.90. The van der Waals surface area contributed by atoms with Crippen molar-refractivity contribution >= 4 is 22.5 Å². The van der Waals surface area contributed by atoms with E-state index < -0.39 is 11.6 Å². The molecule has 4 aromatic rings. The number of fused-ring (bicyclic) bond motifs is 1. The zero-order chi connectivity index (χ0) is 18.1. The summed E-state index contributed by atoms with van der Waals surface area (Å²) in [6, 6.07) is 17.4. The summed E-state index contributed by atoms with van der Waals surface area (Å²) in [4.78, 5) is 8.87. The van der Waals surface area contributed by atoms with Crippen molar-refractivity contribution < 1.29 is 8.78 Å². The van der Waals surface area contributed by atoms with Crippen LogP contribution in [0.1, 0.15) is 5.56 Å². The van der Waals surface area contributed by atoms with E-state index in [0.717, 1.165) is 22.5 Å². The Morgan fingerprint density at radius 1 is 0.885 bits per heavy atom. The quantitative estimate of drug-likeness (QED) is 0.522. The first-order valence-electron chi connectivity index (χ1n) is 8.16. The molecule has 0 aliphatic carbocycles. The van der Waals surface area contributed by atoms with Crippen LogP contribution in [0.3, 0.4) is 0 Å². The van der Waals surface area contributed by atoms with Gasteiger partial charge in [0.15, 0.2) is 11.6 Å². The SMILES string of the molecule is Cc1cc(Nc2ccc(-c3cccc(F)c3F)cn2)nc2ccccc12. The van der Waals surface area contributed by atoms with Gasteiger partial charge in [-0.15, -0.1) is 0 Å². The van der Waals surface area contributed by atoms with Gasteiger partial charge in [-0.3, -0.25) is 0 Å². The number of hydrogen-bond donors (Lipinski definition) is 1. The third kappa shape index (κ3) is 2.99. The largest absolute Gasteiger partial charge is 0.325 e. The zero-order valence-electron chi connectivity index (χ0n) is 14.0. The summed E-state index contributed by atoms with van der Waals surface area (Å²) >= 11 is 0. The fraction of sp³-hybridized carbons (Fsp3) is 0.0476. The first kappa shape index (κ1) is 16.1. The second-order valence-corrected chi connectivity index (χ2v) is 6.00. The summed E-state index contributed by atoms with van der Waals surface area (Å²) in [6.07, 6.45) is 1.51. The molecule has 0 spiro atoms. The number of para-hydroxylation sites is 1. The Morgan fingerprint density at radius 3 is 2.54 bits per heavy atom. The molecule has 5 heteroatoms. The molecule has 0 aliphatic heterocycles. The van der Waals surface area contributed by atoms with Gasteiger partial charge in [-0.25, -0.2) is 18.7 Å². The first-order valence-corrected chi connectivity index (χ1v) is 8.16. The van der Waals surface area contributed by atoms with E-state index in [9.17, 15) is 8.78 Å². The summed E-state index contributed by atoms with van der Waals surface area (Å²) in [5, 5.41) is 4.25. The van der Waals surface area contributed by atoms with Crippen LogP contribution >= 0.6 is 0 Å².